The highest BCUT2D eigenvalue weighted by Crippen LogP contribution is 2.44. The molecular formula is C28H30N6O2S2. The zero-order chi connectivity index (χ0) is 27.2. The molecule has 1 fully saturated rings. The van der Waals surface area contributed by atoms with Crippen molar-refractivity contribution in [2.75, 3.05) is 15.9 Å². The summed E-state index contributed by atoms with van der Waals surface area (Å²) >= 11 is 5.89. The van der Waals surface area contributed by atoms with Crippen molar-refractivity contribution in [3.8, 4) is 5.82 Å². The van der Waals surface area contributed by atoms with Gasteiger partial charge in [0.2, 0.25) is 10.0 Å². The first-order valence-corrected chi connectivity index (χ1v) is 14.5. The predicted molar refractivity (Wildman–Crippen MR) is 155 cm³/mol. The maximum absolute atomic E-state index is 11.8. The molecule has 0 amide bonds. The van der Waals surface area contributed by atoms with Crippen molar-refractivity contribution in [1.29, 1.82) is 0 Å². The Balaban J connectivity index is 1.66. The molecule has 0 radical (unpaired) electrons. The van der Waals surface area contributed by atoms with E-state index in [4.69, 9.17) is 12.2 Å². The summed E-state index contributed by atoms with van der Waals surface area (Å²) < 4.78 is 28.4. The maximum Gasteiger partial charge on any atom is 0.229 e. The Labute approximate surface area is 228 Å². The van der Waals surface area contributed by atoms with Crippen LogP contribution >= 0.6 is 12.2 Å². The van der Waals surface area contributed by atoms with Gasteiger partial charge in [0.1, 0.15) is 5.82 Å². The van der Waals surface area contributed by atoms with Gasteiger partial charge in [0.05, 0.1) is 29.7 Å². The van der Waals surface area contributed by atoms with E-state index in [1.807, 2.05) is 49.5 Å². The lowest BCUT2D eigenvalue weighted by molar-refractivity contribution is 0.565. The topological polar surface area (TPSA) is 92.2 Å². The van der Waals surface area contributed by atoms with E-state index in [-0.39, 0.29) is 12.1 Å². The van der Waals surface area contributed by atoms with Gasteiger partial charge in [0.25, 0.3) is 0 Å². The van der Waals surface area contributed by atoms with Crippen molar-refractivity contribution < 1.29 is 8.42 Å². The number of benzene rings is 1. The van der Waals surface area contributed by atoms with Gasteiger partial charge in [0.15, 0.2) is 5.11 Å². The Morgan fingerprint density at radius 3 is 2.37 bits per heavy atom. The van der Waals surface area contributed by atoms with Gasteiger partial charge in [-0.1, -0.05) is 12.1 Å². The van der Waals surface area contributed by atoms with Gasteiger partial charge in [-0.15, -0.1) is 0 Å². The summed E-state index contributed by atoms with van der Waals surface area (Å²) in [5.41, 5.74) is 7.41. The first-order valence-electron chi connectivity index (χ1n) is 12.2. The van der Waals surface area contributed by atoms with Crippen LogP contribution in [0, 0.1) is 27.7 Å². The highest BCUT2D eigenvalue weighted by Gasteiger charge is 2.42. The molecule has 1 aliphatic heterocycles. The van der Waals surface area contributed by atoms with Crippen molar-refractivity contribution >= 4 is 38.7 Å². The van der Waals surface area contributed by atoms with Crippen molar-refractivity contribution in [2.45, 2.75) is 39.8 Å². The highest BCUT2D eigenvalue weighted by molar-refractivity contribution is 7.92. The molecule has 4 aromatic rings. The lowest BCUT2D eigenvalue weighted by atomic mass is 9.96. The summed E-state index contributed by atoms with van der Waals surface area (Å²) in [6.07, 6.45) is 4.74. The second kappa shape index (κ2) is 9.85. The van der Waals surface area contributed by atoms with Crippen LogP contribution in [0.5, 0.6) is 0 Å². The minimum Gasteiger partial charge on any atom is -0.351 e. The van der Waals surface area contributed by atoms with Crippen LogP contribution in [-0.2, 0) is 10.0 Å². The number of aromatic nitrogens is 3. The number of hydrogen-bond donors (Lipinski definition) is 2. The first-order chi connectivity index (χ1) is 18.0. The fourth-order valence-corrected chi connectivity index (χ4v) is 6.16. The zero-order valence-corrected chi connectivity index (χ0v) is 23.6. The van der Waals surface area contributed by atoms with Crippen LogP contribution in [0.3, 0.4) is 0 Å². The average molecular weight is 547 g/mol. The second-order valence-electron chi connectivity index (χ2n) is 9.68. The Morgan fingerprint density at radius 1 is 0.947 bits per heavy atom. The number of sulfonamides is 1. The summed E-state index contributed by atoms with van der Waals surface area (Å²) in [6.45, 7) is 8.13. The number of aryl methyl sites for hydroxylation is 3. The molecule has 38 heavy (non-hydrogen) atoms. The molecule has 0 bridgehead atoms. The largest absolute Gasteiger partial charge is 0.351 e. The number of hydrogen-bond acceptors (Lipinski definition) is 5. The smallest absolute Gasteiger partial charge is 0.229 e. The van der Waals surface area contributed by atoms with Gasteiger partial charge in [-0.3, -0.25) is 9.71 Å². The highest BCUT2D eigenvalue weighted by atomic mass is 32.2. The fraction of sp³-hybridized carbons (Fsp3) is 0.250. The van der Waals surface area contributed by atoms with E-state index in [2.05, 4.69) is 62.4 Å². The molecule has 1 aliphatic rings. The molecule has 0 unspecified atom stereocenters. The second-order valence-corrected chi connectivity index (χ2v) is 11.8. The van der Waals surface area contributed by atoms with Gasteiger partial charge in [-0.25, -0.2) is 13.4 Å². The molecule has 2 atom stereocenters. The minimum absolute atomic E-state index is 0.198. The van der Waals surface area contributed by atoms with Crippen LogP contribution in [0.15, 0.2) is 67.0 Å². The monoisotopic (exact) mass is 546 g/mol. The number of nitrogens with zero attached hydrogens (tertiary/aromatic N) is 4. The van der Waals surface area contributed by atoms with Gasteiger partial charge >= 0.3 is 0 Å². The number of nitrogens with one attached hydrogen (secondary N) is 2. The summed E-state index contributed by atoms with van der Waals surface area (Å²) in [5, 5.41) is 4.08. The number of anilines is 2. The zero-order valence-electron chi connectivity index (χ0n) is 21.9. The lowest BCUT2D eigenvalue weighted by Crippen LogP contribution is -2.29. The molecule has 196 valence electrons. The SMILES string of the molecule is Cc1cc(N2C(=S)N[C@H](c3ccccn3)[C@H]2c2cc(C)n(-c3ncccc3C)c2C)ccc1NS(C)(=O)=O. The normalized spacial score (nSPS) is 17.5. The van der Waals surface area contributed by atoms with Crippen molar-refractivity contribution in [2.24, 2.45) is 0 Å². The molecule has 2 N–H and O–H groups in total. The first kappa shape index (κ1) is 25.9. The molecule has 4 heterocycles. The van der Waals surface area contributed by atoms with Gasteiger partial charge < -0.3 is 14.8 Å². The van der Waals surface area contributed by atoms with Gasteiger partial charge in [-0.2, -0.15) is 0 Å². The number of pyridine rings is 2. The van der Waals surface area contributed by atoms with E-state index in [0.29, 0.717) is 10.8 Å². The van der Waals surface area contributed by atoms with Crippen LogP contribution in [-0.4, -0.2) is 34.3 Å². The number of rotatable bonds is 6. The quantitative estimate of drug-likeness (QED) is 0.327. The predicted octanol–water partition coefficient (Wildman–Crippen LogP) is 5.05. The standard InChI is InChI=1S/C28H30N6O2S2/c1-17-9-8-14-30-27(17)33-19(3)16-22(20(33)4)26-25(24-10-6-7-13-29-24)31-28(37)34(26)21-11-12-23(18(2)15-21)32-38(5,35)36/h6-16,25-26,32H,1-5H3,(H,31,37)/t25-,26-/m1/s1. The Kier molecular flexibility index (Phi) is 6.70. The van der Waals surface area contributed by atoms with E-state index in [1.54, 1.807) is 12.3 Å². The van der Waals surface area contributed by atoms with Crippen LogP contribution < -0.4 is 14.9 Å². The number of thiocarbonyl (C=S) groups is 1. The molecule has 10 heteroatoms. The fourth-order valence-electron chi connectivity index (χ4n) is 5.19. The third-order valence-electron chi connectivity index (χ3n) is 6.86. The van der Waals surface area contributed by atoms with E-state index in [9.17, 15) is 8.42 Å². The van der Waals surface area contributed by atoms with Crippen molar-refractivity contribution in [3.05, 3.63) is 101 Å². The van der Waals surface area contributed by atoms with Crippen molar-refractivity contribution in [1.82, 2.24) is 19.9 Å². The Hall–Kier alpha value is -3.76. The van der Waals surface area contributed by atoms with Gasteiger partial charge in [-0.05, 0) is 99.1 Å². The van der Waals surface area contributed by atoms with Crippen molar-refractivity contribution in [3.63, 3.8) is 0 Å². The van der Waals surface area contributed by atoms with Gasteiger partial charge in [0, 0.05) is 29.5 Å². The summed E-state index contributed by atoms with van der Waals surface area (Å²) in [7, 11) is -3.40. The molecule has 0 saturated carbocycles. The molecule has 0 aliphatic carbocycles. The summed E-state index contributed by atoms with van der Waals surface area (Å²) in [4.78, 5) is 11.4. The van der Waals surface area contributed by atoms with Crippen LogP contribution in [0.25, 0.3) is 5.82 Å². The van der Waals surface area contributed by atoms with Crippen LogP contribution in [0.1, 0.15) is 45.9 Å². The molecule has 1 aromatic carbocycles. The van der Waals surface area contributed by atoms with E-state index in [1.165, 1.54) is 0 Å². The summed E-state index contributed by atoms with van der Waals surface area (Å²) in [5.74, 6) is 0.898. The van der Waals surface area contributed by atoms with Crippen LogP contribution in [0.2, 0.25) is 0 Å². The Morgan fingerprint density at radius 2 is 1.71 bits per heavy atom. The average Bonchev–Trinajstić information content (AvgIpc) is 3.36. The summed E-state index contributed by atoms with van der Waals surface area (Å²) in [6, 6.07) is 17.3. The molecule has 1 saturated heterocycles. The maximum atomic E-state index is 11.8. The van der Waals surface area contributed by atoms with E-state index in [0.717, 1.165) is 51.5 Å². The third kappa shape index (κ3) is 4.77. The van der Waals surface area contributed by atoms with E-state index >= 15 is 0 Å². The molecule has 8 nitrogen and oxygen atoms in total. The third-order valence-corrected chi connectivity index (χ3v) is 7.77. The Bertz CT molecular complexity index is 1630. The molecule has 5 rings (SSSR count). The minimum atomic E-state index is -3.40. The molecule has 3 aromatic heterocycles. The molecule has 0 spiro atoms. The van der Waals surface area contributed by atoms with Crippen LogP contribution in [0.4, 0.5) is 11.4 Å². The molecular weight excluding hydrogens is 516 g/mol. The van der Waals surface area contributed by atoms with E-state index < -0.39 is 10.0 Å². The lowest BCUT2D eigenvalue weighted by Gasteiger charge is -2.29.